The molecular formula is C14H17N3O3S. The fraction of sp³-hybridized carbons (Fsp3) is 0.286. The predicted octanol–water partition coefficient (Wildman–Crippen LogP) is 0.682. The van der Waals surface area contributed by atoms with Crippen LogP contribution in [0.5, 0.6) is 0 Å². The number of benzene rings is 1. The van der Waals surface area contributed by atoms with Crippen LogP contribution in [0.1, 0.15) is 11.4 Å². The lowest BCUT2D eigenvalue weighted by Crippen LogP contribution is -2.26. The molecule has 0 fully saturated rings. The van der Waals surface area contributed by atoms with Crippen LogP contribution in [-0.4, -0.2) is 30.1 Å². The maximum absolute atomic E-state index is 12.0. The smallest absolute Gasteiger partial charge is 0.224 e. The van der Waals surface area contributed by atoms with E-state index in [1.165, 1.54) is 6.07 Å². The zero-order chi connectivity index (χ0) is 15.5. The molecule has 21 heavy (non-hydrogen) atoms. The van der Waals surface area contributed by atoms with Gasteiger partial charge in [-0.05, 0) is 11.6 Å². The van der Waals surface area contributed by atoms with Gasteiger partial charge in [-0.2, -0.15) is 0 Å². The molecule has 0 radical (unpaired) electrons. The summed E-state index contributed by atoms with van der Waals surface area (Å²) in [4.78, 5) is 16.3. The number of imidazole rings is 1. The van der Waals surface area contributed by atoms with Crippen LogP contribution < -0.4 is 5.32 Å². The van der Waals surface area contributed by atoms with Crippen molar-refractivity contribution >= 4 is 15.7 Å². The number of hydrogen-bond donors (Lipinski definition) is 1. The monoisotopic (exact) mass is 307 g/mol. The van der Waals surface area contributed by atoms with Crippen molar-refractivity contribution in [2.45, 2.75) is 17.9 Å². The molecule has 0 spiro atoms. The first-order valence-corrected chi connectivity index (χ1v) is 8.28. The number of nitrogens with zero attached hydrogens (tertiary/aromatic N) is 2. The molecule has 2 rings (SSSR count). The summed E-state index contributed by atoms with van der Waals surface area (Å²) in [6, 6.07) is 6.52. The minimum absolute atomic E-state index is 0.0215. The number of hydrogen-bond acceptors (Lipinski definition) is 4. The zero-order valence-electron chi connectivity index (χ0n) is 11.9. The van der Waals surface area contributed by atoms with Crippen molar-refractivity contribution in [3.63, 3.8) is 0 Å². The average Bonchev–Trinajstić information content (AvgIpc) is 2.81. The van der Waals surface area contributed by atoms with Gasteiger partial charge in [0.2, 0.25) is 5.91 Å². The molecule has 1 N–H and O–H groups in total. The number of nitrogens with one attached hydrogen (secondary N) is 1. The van der Waals surface area contributed by atoms with Crippen molar-refractivity contribution in [2.75, 3.05) is 6.26 Å². The van der Waals surface area contributed by atoms with Crippen molar-refractivity contribution < 1.29 is 13.2 Å². The van der Waals surface area contributed by atoms with Crippen molar-refractivity contribution in [1.82, 2.24) is 14.9 Å². The predicted molar refractivity (Wildman–Crippen MR) is 78.3 cm³/mol. The van der Waals surface area contributed by atoms with E-state index in [4.69, 9.17) is 0 Å². The lowest BCUT2D eigenvalue weighted by atomic mass is 10.1. The molecule has 1 heterocycles. The number of aryl methyl sites for hydroxylation is 1. The second-order valence-electron chi connectivity index (χ2n) is 4.79. The average molecular weight is 307 g/mol. The van der Waals surface area contributed by atoms with E-state index in [1.54, 1.807) is 30.6 Å². The molecule has 1 aromatic heterocycles. The van der Waals surface area contributed by atoms with E-state index in [2.05, 4.69) is 10.3 Å². The Morgan fingerprint density at radius 2 is 2.05 bits per heavy atom. The molecule has 0 aliphatic carbocycles. The number of rotatable bonds is 5. The summed E-state index contributed by atoms with van der Waals surface area (Å²) < 4.78 is 25.2. The van der Waals surface area contributed by atoms with Gasteiger partial charge in [0.15, 0.2) is 9.84 Å². The quantitative estimate of drug-likeness (QED) is 0.881. The summed E-state index contributed by atoms with van der Waals surface area (Å²) in [5.74, 6) is 0.494. The maximum Gasteiger partial charge on any atom is 0.224 e. The van der Waals surface area contributed by atoms with Gasteiger partial charge in [-0.1, -0.05) is 18.2 Å². The molecule has 0 atom stereocenters. The Morgan fingerprint density at radius 1 is 1.33 bits per heavy atom. The highest BCUT2D eigenvalue weighted by Crippen LogP contribution is 2.15. The van der Waals surface area contributed by atoms with E-state index >= 15 is 0 Å². The van der Waals surface area contributed by atoms with Crippen LogP contribution in [0.2, 0.25) is 0 Å². The van der Waals surface area contributed by atoms with Gasteiger partial charge in [0.25, 0.3) is 0 Å². The van der Waals surface area contributed by atoms with Gasteiger partial charge < -0.3 is 9.88 Å². The highest BCUT2D eigenvalue weighted by Gasteiger charge is 2.15. The summed E-state index contributed by atoms with van der Waals surface area (Å²) in [7, 11) is -1.50. The van der Waals surface area contributed by atoms with Gasteiger partial charge >= 0.3 is 0 Å². The fourth-order valence-electron chi connectivity index (χ4n) is 1.99. The summed E-state index contributed by atoms with van der Waals surface area (Å²) >= 11 is 0. The van der Waals surface area contributed by atoms with E-state index in [-0.39, 0.29) is 17.2 Å². The second-order valence-corrected chi connectivity index (χ2v) is 6.77. The third-order valence-corrected chi connectivity index (χ3v) is 4.28. The zero-order valence-corrected chi connectivity index (χ0v) is 12.7. The van der Waals surface area contributed by atoms with Crippen LogP contribution in [0.3, 0.4) is 0 Å². The SMILES string of the molecule is Cn1ccnc1CNC(=O)Cc1ccccc1S(C)(=O)=O. The Labute approximate surface area is 123 Å². The van der Waals surface area contributed by atoms with Crippen LogP contribution in [0.15, 0.2) is 41.6 Å². The lowest BCUT2D eigenvalue weighted by Gasteiger charge is -2.08. The third-order valence-electron chi connectivity index (χ3n) is 3.09. The number of aromatic nitrogens is 2. The Balaban J connectivity index is 2.05. The Kier molecular flexibility index (Phi) is 4.42. The molecule has 6 nitrogen and oxygen atoms in total. The van der Waals surface area contributed by atoms with Gasteiger partial charge in [0.1, 0.15) is 5.82 Å². The summed E-state index contributed by atoms with van der Waals surface area (Å²) in [5.41, 5.74) is 0.498. The lowest BCUT2D eigenvalue weighted by molar-refractivity contribution is -0.120. The van der Waals surface area contributed by atoms with Crippen LogP contribution in [0.4, 0.5) is 0 Å². The minimum Gasteiger partial charge on any atom is -0.349 e. The van der Waals surface area contributed by atoms with Gasteiger partial charge in [-0.3, -0.25) is 4.79 Å². The second kappa shape index (κ2) is 6.09. The highest BCUT2D eigenvalue weighted by molar-refractivity contribution is 7.90. The third kappa shape index (κ3) is 3.91. The van der Waals surface area contributed by atoms with Crippen molar-refractivity contribution in [1.29, 1.82) is 0 Å². The van der Waals surface area contributed by atoms with E-state index < -0.39 is 9.84 Å². The fourth-order valence-corrected chi connectivity index (χ4v) is 2.93. The van der Waals surface area contributed by atoms with Crippen LogP contribution in [0.25, 0.3) is 0 Å². The molecule has 0 aliphatic heterocycles. The summed E-state index contributed by atoms with van der Waals surface area (Å²) in [6.45, 7) is 0.309. The molecule has 0 unspecified atom stereocenters. The first-order chi connectivity index (χ1) is 9.88. The van der Waals surface area contributed by atoms with Gasteiger partial charge in [-0.15, -0.1) is 0 Å². The Bertz CT molecular complexity index is 750. The van der Waals surface area contributed by atoms with Gasteiger partial charge in [-0.25, -0.2) is 13.4 Å². The molecule has 0 aliphatic rings. The molecule has 2 aromatic rings. The van der Waals surface area contributed by atoms with E-state index in [0.29, 0.717) is 12.1 Å². The number of amides is 1. The number of carbonyl (C=O) groups is 1. The minimum atomic E-state index is -3.34. The number of carbonyl (C=O) groups excluding carboxylic acids is 1. The topological polar surface area (TPSA) is 81.1 Å². The Hall–Kier alpha value is -2.15. The molecule has 1 amide bonds. The van der Waals surface area contributed by atoms with Gasteiger partial charge in [0, 0.05) is 25.7 Å². The van der Waals surface area contributed by atoms with Gasteiger partial charge in [0.05, 0.1) is 17.9 Å². The largest absolute Gasteiger partial charge is 0.349 e. The van der Waals surface area contributed by atoms with Crippen LogP contribution in [0, 0.1) is 0 Å². The van der Waals surface area contributed by atoms with Crippen molar-refractivity contribution in [3.05, 3.63) is 48.0 Å². The molecule has 0 saturated heterocycles. The highest BCUT2D eigenvalue weighted by atomic mass is 32.2. The maximum atomic E-state index is 12.0. The van der Waals surface area contributed by atoms with Crippen molar-refractivity contribution in [2.24, 2.45) is 7.05 Å². The molecule has 1 aromatic carbocycles. The van der Waals surface area contributed by atoms with Crippen LogP contribution >= 0.6 is 0 Å². The molecule has 112 valence electrons. The van der Waals surface area contributed by atoms with Crippen LogP contribution in [-0.2, 0) is 34.6 Å². The van der Waals surface area contributed by atoms with E-state index in [9.17, 15) is 13.2 Å². The first-order valence-electron chi connectivity index (χ1n) is 6.39. The summed E-state index contributed by atoms with van der Waals surface area (Å²) in [6.07, 6.45) is 4.60. The normalized spacial score (nSPS) is 11.3. The summed E-state index contributed by atoms with van der Waals surface area (Å²) in [5, 5.41) is 2.74. The first kappa shape index (κ1) is 15.2. The molecule has 7 heteroatoms. The molecule has 0 saturated carbocycles. The van der Waals surface area contributed by atoms with Crippen molar-refractivity contribution in [3.8, 4) is 0 Å². The Morgan fingerprint density at radius 3 is 2.67 bits per heavy atom. The van der Waals surface area contributed by atoms with E-state index in [0.717, 1.165) is 12.1 Å². The molecular weight excluding hydrogens is 290 g/mol. The van der Waals surface area contributed by atoms with E-state index in [1.807, 2.05) is 11.6 Å². The number of sulfone groups is 1. The standard InChI is InChI=1S/C14H17N3O3S/c1-17-8-7-15-13(17)10-16-14(18)9-11-5-3-4-6-12(11)21(2,19)20/h3-8H,9-10H2,1-2H3,(H,16,18). The molecule has 0 bridgehead atoms.